The number of hydrogen-bond acceptors (Lipinski definition) is 2. The van der Waals surface area contributed by atoms with Gasteiger partial charge in [-0.05, 0) is 18.8 Å². The van der Waals surface area contributed by atoms with Crippen molar-refractivity contribution in [2.45, 2.75) is 76.7 Å². The first-order valence-corrected chi connectivity index (χ1v) is 7.42. The summed E-state index contributed by atoms with van der Waals surface area (Å²) in [6.45, 7) is 0. The van der Waals surface area contributed by atoms with Gasteiger partial charge in [0.1, 0.15) is 5.84 Å². The van der Waals surface area contributed by atoms with Crippen LogP contribution in [0.15, 0.2) is 4.99 Å². The van der Waals surface area contributed by atoms with Crippen LogP contribution in [0.3, 0.4) is 0 Å². The zero-order valence-electron chi connectivity index (χ0n) is 11.0. The summed E-state index contributed by atoms with van der Waals surface area (Å²) in [6, 6.07) is 0.532. The summed E-state index contributed by atoms with van der Waals surface area (Å²) < 4.78 is 0. The Kier molecular flexibility index (Phi) is 5.30. The minimum Gasteiger partial charge on any atom is -0.312 e. The highest BCUT2D eigenvalue weighted by atomic mass is 15.3. The number of rotatable bonds is 3. The van der Waals surface area contributed by atoms with Crippen LogP contribution in [0.5, 0.6) is 0 Å². The largest absolute Gasteiger partial charge is 0.312 e. The zero-order valence-corrected chi connectivity index (χ0v) is 11.0. The third kappa shape index (κ3) is 4.30. The minimum atomic E-state index is 0.532. The van der Waals surface area contributed by atoms with Gasteiger partial charge in [0.05, 0.1) is 6.04 Å². The van der Waals surface area contributed by atoms with Crippen molar-refractivity contribution in [2.75, 3.05) is 0 Å². The van der Waals surface area contributed by atoms with Gasteiger partial charge >= 0.3 is 0 Å². The molecule has 0 atom stereocenters. The molecule has 0 heterocycles. The summed E-state index contributed by atoms with van der Waals surface area (Å²) in [5.74, 6) is 7.51. The van der Waals surface area contributed by atoms with Crippen molar-refractivity contribution in [3.63, 3.8) is 0 Å². The van der Waals surface area contributed by atoms with E-state index >= 15 is 0 Å². The highest BCUT2D eigenvalue weighted by Crippen LogP contribution is 2.28. The predicted octanol–water partition coefficient (Wildman–Crippen LogP) is 3.15. The maximum absolute atomic E-state index is 5.63. The first-order chi connectivity index (χ1) is 8.38. The molecule has 2 fully saturated rings. The van der Waals surface area contributed by atoms with Crippen LogP contribution in [0, 0.1) is 5.92 Å². The SMILES string of the molecule is NNC(CC1CCCC1)=NC1CCCCCC1. The fourth-order valence-electron chi connectivity index (χ4n) is 3.24. The van der Waals surface area contributed by atoms with Crippen LogP contribution >= 0.6 is 0 Å². The fourth-order valence-corrected chi connectivity index (χ4v) is 3.24. The Morgan fingerprint density at radius 3 is 2.12 bits per heavy atom. The lowest BCUT2D eigenvalue weighted by atomic mass is 10.0. The molecule has 2 aliphatic rings. The Morgan fingerprint density at radius 2 is 1.53 bits per heavy atom. The number of hydrazine groups is 1. The van der Waals surface area contributed by atoms with E-state index in [-0.39, 0.29) is 0 Å². The topological polar surface area (TPSA) is 50.4 Å². The molecule has 17 heavy (non-hydrogen) atoms. The van der Waals surface area contributed by atoms with Crippen molar-refractivity contribution >= 4 is 5.84 Å². The molecule has 3 nitrogen and oxygen atoms in total. The molecule has 2 rings (SSSR count). The van der Waals surface area contributed by atoms with Crippen LogP contribution in [-0.2, 0) is 0 Å². The summed E-state index contributed by atoms with van der Waals surface area (Å²) >= 11 is 0. The maximum atomic E-state index is 5.63. The second kappa shape index (κ2) is 7.00. The van der Waals surface area contributed by atoms with Crippen LogP contribution < -0.4 is 11.3 Å². The van der Waals surface area contributed by atoms with Gasteiger partial charge in [-0.3, -0.25) is 4.99 Å². The van der Waals surface area contributed by atoms with Gasteiger partial charge in [-0.1, -0.05) is 51.4 Å². The van der Waals surface area contributed by atoms with E-state index in [0.29, 0.717) is 6.04 Å². The van der Waals surface area contributed by atoms with E-state index in [2.05, 4.69) is 5.43 Å². The average molecular weight is 237 g/mol. The van der Waals surface area contributed by atoms with E-state index < -0.39 is 0 Å². The summed E-state index contributed by atoms with van der Waals surface area (Å²) in [5, 5.41) is 0. The van der Waals surface area contributed by atoms with Gasteiger partial charge in [0.15, 0.2) is 0 Å². The molecule has 0 spiro atoms. The molecule has 0 aromatic rings. The Hall–Kier alpha value is -0.570. The first-order valence-electron chi connectivity index (χ1n) is 7.42. The van der Waals surface area contributed by atoms with Crippen molar-refractivity contribution in [3.05, 3.63) is 0 Å². The molecule has 0 saturated heterocycles. The minimum absolute atomic E-state index is 0.532. The highest BCUT2D eigenvalue weighted by molar-refractivity contribution is 5.82. The molecule has 0 aromatic heterocycles. The third-order valence-electron chi connectivity index (χ3n) is 4.29. The van der Waals surface area contributed by atoms with E-state index in [0.717, 1.165) is 18.2 Å². The molecule has 0 aliphatic heterocycles. The van der Waals surface area contributed by atoms with Gasteiger partial charge in [0.2, 0.25) is 0 Å². The molecule has 0 unspecified atom stereocenters. The first kappa shape index (κ1) is 12.9. The van der Waals surface area contributed by atoms with Gasteiger partial charge in [0.25, 0.3) is 0 Å². The Morgan fingerprint density at radius 1 is 0.941 bits per heavy atom. The molecule has 0 aromatic carbocycles. The molecular formula is C14H27N3. The van der Waals surface area contributed by atoms with Gasteiger partial charge in [0, 0.05) is 6.42 Å². The third-order valence-corrected chi connectivity index (χ3v) is 4.29. The molecule has 98 valence electrons. The molecule has 2 aliphatic carbocycles. The second-order valence-corrected chi connectivity index (χ2v) is 5.72. The van der Waals surface area contributed by atoms with Gasteiger partial charge in [-0.15, -0.1) is 0 Å². The van der Waals surface area contributed by atoms with Crippen molar-refractivity contribution in [1.82, 2.24) is 5.43 Å². The normalized spacial score (nSPS) is 24.9. The van der Waals surface area contributed by atoms with Crippen molar-refractivity contribution < 1.29 is 0 Å². The standard InChI is InChI=1S/C14H27N3/c15-17-14(11-12-7-5-6-8-12)16-13-9-3-1-2-4-10-13/h12-13H,1-11,15H2,(H,16,17). The molecular weight excluding hydrogens is 210 g/mol. The predicted molar refractivity (Wildman–Crippen MR) is 72.8 cm³/mol. The second-order valence-electron chi connectivity index (χ2n) is 5.72. The Bertz CT molecular complexity index is 236. The van der Waals surface area contributed by atoms with Crippen LogP contribution in [0.4, 0.5) is 0 Å². The number of nitrogens with two attached hydrogens (primary N) is 1. The number of amidine groups is 1. The fraction of sp³-hybridized carbons (Fsp3) is 0.929. The lowest BCUT2D eigenvalue weighted by Gasteiger charge is -2.15. The van der Waals surface area contributed by atoms with E-state index in [4.69, 9.17) is 10.8 Å². The monoisotopic (exact) mass is 237 g/mol. The smallest absolute Gasteiger partial charge is 0.111 e. The van der Waals surface area contributed by atoms with Gasteiger partial charge in [-0.25, -0.2) is 5.84 Å². The summed E-state index contributed by atoms with van der Waals surface area (Å²) in [4.78, 5) is 4.86. The average Bonchev–Trinajstić information content (AvgIpc) is 2.71. The lowest BCUT2D eigenvalue weighted by Crippen LogP contribution is -2.33. The molecule has 3 heteroatoms. The van der Waals surface area contributed by atoms with Crippen molar-refractivity contribution in [3.8, 4) is 0 Å². The summed E-state index contributed by atoms with van der Waals surface area (Å²) in [5.41, 5.74) is 2.85. The molecule has 0 bridgehead atoms. The van der Waals surface area contributed by atoms with E-state index in [1.165, 1.54) is 64.2 Å². The maximum Gasteiger partial charge on any atom is 0.111 e. The van der Waals surface area contributed by atoms with Gasteiger partial charge < -0.3 is 5.43 Å². The Balaban J connectivity index is 1.85. The summed E-state index contributed by atoms with van der Waals surface area (Å²) in [6.07, 6.45) is 14.6. The van der Waals surface area contributed by atoms with Crippen LogP contribution in [0.25, 0.3) is 0 Å². The quantitative estimate of drug-likeness (QED) is 0.260. The number of hydrogen-bond donors (Lipinski definition) is 2. The van der Waals surface area contributed by atoms with Crippen molar-refractivity contribution in [1.29, 1.82) is 0 Å². The van der Waals surface area contributed by atoms with Crippen molar-refractivity contribution in [2.24, 2.45) is 16.8 Å². The molecule has 0 radical (unpaired) electrons. The number of nitrogens with one attached hydrogen (secondary N) is 1. The molecule has 2 saturated carbocycles. The molecule has 3 N–H and O–H groups in total. The zero-order chi connectivity index (χ0) is 11.9. The van der Waals surface area contributed by atoms with Crippen LogP contribution in [0.1, 0.15) is 70.6 Å². The number of aliphatic imine (C=N–C) groups is 1. The highest BCUT2D eigenvalue weighted by Gasteiger charge is 2.18. The van der Waals surface area contributed by atoms with Crippen LogP contribution in [0.2, 0.25) is 0 Å². The van der Waals surface area contributed by atoms with E-state index in [1.54, 1.807) is 0 Å². The number of nitrogens with zero attached hydrogens (tertiary/aromatic N) is 1. The van der Waals surface area contributed by atoms with Crippen LogP contribution in [-0.4, -0.2) is 11.9 Å². The molecule has 0 amide bonds. The van der Waals surface area contributed by atoms with Gasteiger partial charge in [-0.2, -0.15) is 0 Å². The van der Waals surface area contributed by atoms with E-state index in [9.17, 15) is 0 Å². The van der Waals surface area contributed by atoms with E-state index in [1.807, 2.05) is 0 Å². The lowest BCUT2D eigenvalue weighted by molar-refractivity contribution is 0.547. The summed E-state index contributed by atoms with van der Waals surface area (Å²) in [7, 11) is 0. The Labute approximate surface area is 105 Å².